The van der Waals surface area contributed by atoms with E-state index in [4.69, 9.17) is 11.5 Å². The Morgan fingerprint density at radius 1 is 1.06 bits per heavy atom. The van der Waals surface area contributed by atoms with Crippen LogP contribution in [-0.4, -0.2) is 0 Å². The van der Waals surface area contributed by atoms with Gasteiger partial charge in [0.05, 0.1) is 0 Å². The summed E-state index contributed by atoms with van der Waals surface area (Å²) in [6.45, 7) is 9.38. The number of hydrogen-bond acceptors (Lipinski definition) is 2. The van der Waals surface area contributed by atoms with E-state index in [0.29, 0.717) is 0 Å². The quantitative estimate of drug-likeness (QED) is 0.671. The Labute approximate surface area is 98.0 Å². The van der Waals surface area contributed by atoms with Gasteiger partial charge in [0.25, 0.3) is 0 Å². The van der Waals surface area contributed by atoms with Gasteiger partial charge in [0, 0.05) is 12.4 Å². The van der Waals surface area contributed by atoms with Crippen LogP contribution in [0.3, 0.4) is 0 Å². The first-order valence-corrected chi connectivity index (χ1v) is 5.14. The third-order valence-electron chi connectivity index (χ3n) is 2.20. The Balaban J connectivity index is 4.64. The van der Waals surface area contributed by atoms with Gasteiger partial charge < -0.3 is 11.5 Å². The molecule has 0 rings (SSSR count). The molecule has 0 aromatic heterocycles. The highest BCUT2D eigenvalue weighted by atomic mass is 14.5. The summed E-state index contributed by atoms with van der Waals surface area (Å²) in [5, 5.41) is 0. The van der Waals surface area contributed by atoms with Crippen molar-refractivity contribution < 1.29 is 0 Å². The SMILES string of the molecule is C=C/C(=C\C)C\C=C/C(=C\N)C(/C=C)=C/N. The van der Waals surface area contributed by atoms with Gasteiger partial charge in [0.1, 0.15) is 0 Å². The van der Waals surface area contributed by atoms with Gasteiger partial charge in [-0.3, -0.25) is 0 Å². The predicted molar refractivity (Wildman–Crippen MR) is 72.4 cm³/mol. The van der Waals surface area contributed by atoms with Gasteiger partial charge in [0.2, 0.25) is 0 Å². The van der Waals surface area contributed by atoms with Crippen molar-refractivity contribution >= 4 is 0 Å². The van der Waals surface area contributed by atoms with Gasteiger partial charge in [-0.1, -0.05) is 43.5 Å². The molecule has 2 heteroatoms. The molecule has 0 fully saturated rings. The highest BCUT2D eigenvalue weighted by Crippen LogP contribution is 2.12. The van der Waals surface area contributed by atoms with Crippen molar-refractivity contribution in [3.05, 3.63) is 72.7 Å². The fourth-order valence-electron chi connectivity index (χ4n) is 1.17. The van der Waals surface area contributed by atoms with Crippen LogP contribution in [0, 0.1) is 0 Å². The molecule has 0 bridgehead atoms. The summed E-state index contributed by atoms with van der Waals surface area (Å²) in [5.41, 5.74) is 13.8. The second kappa shape index (κ2) is 8.36. The summed E-state index contributed by atoms with van der Waals surface area (Å²) in [7, 11) is 0. The molecular weight excluding hydrogens is 196 g/mol. The van der Waals surface area contributed by atoms with Gasteiger partial charge in [0.15, 0.2) is 0 Å². The molecule has 0 aromatic rings. The molecule has 0 saturated heterocycles. The molecular formula is C14H20N2. The summed E-state index contributed by atoms with van der Waals surface area (Å²) in [6.07, 6.45) is 13.3. The van der Waals surface area contributed by atoms with Gasteiger partial charge in [-0.25, -0.2) is 0 Å². The van der Waals surface area contributed by atoms with E-state index in [1.807, 2.05) is 31.2 Å². The van der Waals surface area contributed by atoms with E-state index < -0.39 is 0 Å². The van der Waals surface area contributed by atoms with E-state index in [9.17, 15) is 0 Å². The minimum absolute atomic E-state index is 0.819. The average molecular weight is 216 g/mol. The van der Waals surface area contributed by atoms with Crippen LogP contribution in [0.2, 0.25) is 0 Å². The second-order valence-corrected chi connectivity index (χ2v) is 3.12. The van der Waals surface area contributed by atoms with E-state index in [2.05, 4.69) is 13.2 Å². The van der Waals surface area contributed by atoms with Crippen LogP contribution in [0.25, 0.3) is 0 Å². The first-order chi connectivity index (χ1) is 7.73. The lowest BCUT2D eigenvalue weighted by Crippen LogP contribution is -1.92. The van der Waals surface area contributed by atoms with Crippen molar-refractivity contribution in [2.75, 3.05) is 0 Å². The van der Waals surface area contributed by atoms with Crippen molar-refractivity contribution in [1.82, 2.24) is 0 Å². The smallest absolute Gasteiger partial charge is 0.00180 e. The zero-order valence-electron chi connectivity index (χ0n) is 9.82. The van der Waals surface area contributed by atoms with Crippen LogP contribution in [0.4, 0.5) is 0 Å². The lowest BCUT2D eigenvalue weighted by Gasteiger charge is -2.01. The Morgan fingerprint density at radius 2 is 1.69 bits per heavy atom. The van der Waals surface area contributed by atoms with Crippen LogP contribution in [0.5, 0.6) is 0 Å². The van der Waals surface area contributed by atoms with Crippen LogP contribution in [0.15, 0.2) is 72.7 Å². The van der Waals surface area contributed by atoms with Crippen LogP contribution in [-0.2, 0) is 0 Å². The predicted octanol–water partition coefficient (Wildman–Crippen LogP) is 2.94. The Hall–Kier alpha value is -1.96. The Bertz CT molecular complexity index is 355. The van der Waals surface area contributed by atoms with Gasteiger partial charge in [-0.15, -0.1) is 0 Å². The molecule has 86 valence electrons. The average Bonchev–Trinajstić information content (AvgIpc) is 2.33. The minimum Gasteiger partial charge on any atom is -0.404 e. The van der Waals surface area contributed by atoms with Crippen molar-refractivity contribution in [1.29, 1.82) is 0 Å². The first-order valence-electron chi connectivity index (χ1n) is 5.14. The van der Waals surface area contributed by atoms with Crippen LogP contribution < -0.4 is 11.5 Å². The molecule has 0 aliphatic carbocycles. The topological polar surface area (TPSA) is 52.0 Å². The zero-order chi connectivity index (χ0) is 12.4. The molecule has 0 atom stereocenters. The maximum Gasteiger partial charge on any atom is 0.00180 e. The number of rotatable bonds is 6. The maximum atomic E-state index is 5.51. The number of allylic oxidation sites excluding steroid dienone is 8. The number of hydrogen-bond donors (Lipinski definition) is 2. The second-order valence-electron chi connectivity index (χ2n) is 3.12. The summed E-state index contributed by atoms with van der Waals surface area (Å²) in [6, 6.07) is 0. The molecule has 0 saturated carbocycles. The van der Waals surface area contributed by atoms with E-state index in [-0.39, 0.29) is 0 Å². The molecule has 2 nitrogen and oxygen atoms in total. The first kappa shape index (κ1) is 14.0. The molecule has 0 aromatic carbocycles. The fourth-order valence-corrected chi connectivity index (χ4v) is 1.17. The molecule has 4 N–H and O–H groups in total. The summed E-state index contributed by atoms with van der Waals surface area (Å²) in [4.78, 5) is 0. The maximum absolute atomic E-state index is 5.51. The molecule has 0 unspecified atom stereocenters. The van der Waals surface area contributed by atoms with E-state index in [0.717, 1.165) is 17.6 Å². The standard InChI is InChI=1S/C14H20N2/c1-4-12(5-2)8-7-9-14(11-16)13(6-3)10-15/h4-7,9-11H,1,3,8,15-16H2,2H3/b9-7-,12-5+,13-10+,14-11+. The Kier molecular flexibility index (Phi) is 7.33. The van der Waals surface area contributed by atoms with Crippen molar-refractivity contribution in [3.8, 4) is 0 Å². The molecule has 0 spiro atoms. The van der Waals surface area contributed by atoms with E-state index in [1.54, 1.807) is 6.08 Å². The van der Waals surface area contributed by atoms with Crippen molar-refractivity contribution in [2.45, 2.75) is 13.3 Å². The van der Waals surface area contributed by atoms with Gasteiger partial charge in [-0.2, -0.15) is 0 Å². The van der Waals surface area contributed by atoms with E-state index >= 15 is 0 Å². The molecule has 16 heavy (non-hydrogen) atoms. The third-order valence-corrected chi connectivity index (χ3v) is 2.20. The van der Waals surface area contributed by atoms with Crippen molar-refractivity contribution in [2.24, 2.45) is 11.5 Å². The fraction of sp³-hybridized carbons (Fsp3) is 0.143. The van der Waals surface area contributed by atoms with Gasteiger partial charge in [-0.05, 0) is 30.1 Å². The lowest BCUT2D eigenvalue weighted by molar-refractivity contribution is 1.26. The Morgan fingerprint density at radius 3 is 2.06 bits per heavy atom. The minimum atomic E-state index is 0.819. The molecule has 0 amide bonds. The summed E-state index contributed by atoms with van der Waals surface area (Å²) in [5.74, 6) is 0. The van der Waals surface area contributed by atoms with E-state index in [1.165, 1.54) is 18.0 Å². The summed E-state index contributed by atoms with van der Waals surface area (Å²) < 4.78 is 0. The molecule has 0 radical (unpaired) electrons. The van der Waals surface area contributed by atoms with Crippen LogP contribution >= 0.6 is 0 Å². The summed E-state index contributed by atoms with van der Waals surface area (Å²) >= 11 is 0. The molecule has 0 aliphatic rings. The molecule has 0 aliphatic heterocycles. The number of nitrogens with two attached hydrogens (primary N) is 2. The normalized spacial score (nSPS) is 14.2. The zero-order valence-corrected chi connectivity index (χ0v) is 9.82. The largest absolute Gasteiger partial charge is 0.404 e. The monoisotopic (exact) mass is 216 g/mol. The highest BCUT2D eigenvalue weighted by Gasteiger charge is 1.95. The molecule has 0 heterocycles. The highest BCUT2D eigenvalue weighted by molar-refractivity contribution is 5.45. The third kappa shape index (κ3) is 4.51. The van der Waals surface area contributed by atoms with Crippen LogP contribution in [0.1, 0.15) is 13.3 Å². The van der Waals surface area contributed by atoms with Gasteiger partial charge >= 0.3 is 0 Å². The van der Waals surface area contributed by atoms with Crippen molar-refractivity contribution in [3.63, 3.8) is 0 Å². The lowest BCUT2D eigenvalue weighted by atomic mass is 10.1.